The summed E-state index contributed by atoms with van der Waals surface area (Å²) in [6, 6.07) is 10.5. The Kier molecular flexibility index (Phi) is 3.07. The first-order valence-electron chi connectivity index (χ1n) is 6.30. The van der Waals surface area contributed by atoms with Gasteiger partial charge in [0, 0.05) is 0 Å². The van der Waals surface area contributed by atoms with E-state index in [9.17, 15) is 5.11 Å². The average molecular weight is 218 g/mol. The Bertz CT molecular complexity index is 342. The van der Waals surface area contributed by atoms with Crippen LogP contribution in [0.15, 0.2) is 30.3 Å². The van der Waals surface area contributed by atoms with Gasteiger partial charge < -0.3 is 5.11 Å². The Morgan fingerprint density at radius 2 is 1.81 bits per heavy atom. The molecule has 1 unspecified atom stereocenters. The van der Waals surface area contributed by atoms with E-state index in [0.29, 0.717) is 0 Å². The van der Waals surface area contributed by atoms with Gasteiger partial charge in [-0.25, -0.2) is 0 Å². The zero-order valence-electron chi connectivity index (χ0n) is 10.4. The maximum atomic E-state index is 10.7. The van der Waals surface area contributed by atoms with Crippen molar-refractivity contribution < 1.29 is 5.11 Å². The molecule has 0 aliphatic heterocycles. The summed E-state index contributed by atoms with van der Waals surface area (Å²) in [7, 11) is 0. The molecule has 0 heterocycles. The zero-order valence-corrected chi connectivity index (χ0v) is 10.4. The third-order valence-electron chi connectivity index (χ3n) is 4.32. The molecule has 1 aliphatic carbocycles. The molecular weight excluding hydrogens is 196 g/mol. The van der Waals surface area contributed by atoms with Gasteiger partial charge in [-0.2, -0.15) is 0 Å². The van der Waals surface area contributed by atoms with E-state index in [-0.39, 0.29) is 5.41 Å². The van der Waals surface area contributed by atoms with Gasteiger partial charge in [-0.1, -0.05) is 44.2 Å². The minimum Gasteiger partial charge on any atom is -0.389 e. The van der Waals surface area contributed by atoms with Crippen LogP contribution in [0.5, 0.6) is 0 Å². The summed E-state index contributed by atoms with van der Waals surface area (Å²) in [6.45, 7) is 4.40. The van der Waals surface area contributed by atoms with Gasteiger partial charge in [0.1, 0.15) is 0 Å². The van der Waals surface area contributed by atoms with Gasteiger partial charge >= 0.3 is 0 Å². The summed E-state index contributed by atoms with van der Waals surface area (Å²) >= 11 is 0. The van der Waals surface area contributed by atoms with E-state index in [1.807, 2.05) is 6.07 Å². The second kappa shape index (κ2) is 4.21. The van der Waals surface area contributed by atoms with E-state index in [2.05, 4.69) is 38.1 Å². The lowest BCUT2D eigenvalue weighted by Crippen LogP contribution is -2.40. The standard InChI is InChI=1S/C15H22O/c1-14(2)10-6-11-15(14,16)12-9-13-7-4-3-5-8-13/h3-5,7-8,16H,6,9-12H2,1-2H3. The first-order valence-corrected chi connectivity index (χ1v) is 6.30. The summed E-state index contributed by atoms with van der Waals surface area (Å²) in [5.74, 6) is 0. The molecule has 0 radical (unpaired) electrons. The van der Waals surface area contributed by atoms with Gasteiger partial charge in [-0.15, -0.1) is 0 Å². The van der Waals surface area contributed by atoms with E-state index < -0.39 is 5.60 Å². The smallest absolute Gasteiger partial charge is 0.0701 e. The Labute approximate surface area is 98.5 Å². The normalized spacial score (nSPS) is 28.2. The van der Waals surface area contributed by atoms with E-state index in [0.717, 1.165) is 32.1 Å². The van der Waals surface area contributed by atoms with Crippen LogP contribution in [0.2, 0.25) is 0 Å². The van der Waals surface area contributed by atoms with Gasteiger partial charge in [-0.3, -0.25) is 0 Å². The fourth-order valence-corrected chi connectivity index (χ4v) is 2.85. The molecule has 16 heavy (non-hydrogen) atoms. The Hall–Kier alpha value is -0.820. The van der Waals surface area contributed by atoms with Crippen LogP contribution in [0.1, 0.15) is 45.1 Å². The summed E-state index contributed by atoms with van der Waals surface area (Å²) in [5, 5.41) is 10.7. The minimum absolute atomic E-state index is 0.0851. The summed E-state index contributed by atoms with van der Waals surface area (Å²) in [4.78, 5) is 0. The number of aryl methyl sites for hydroxylation is 1. The highest BCUT2D eigenvalue weighted by Gasteiger charge is 2.46. The van der Waals surface area contributed by atoms with Crippen molar-refractivity contribution in [1.82, 2.24) is 0 Å². The van der Waals surface area contributed by atoms with E-state index in [4.69, 9.17) is 0 Å². The molecule has 0 amide bonds. The maximum Gasteiger partial charge on any atom is 0.0701 e. The van der Waals surface area contributed by atoms with Crippen LogP contribution in [0, 0.1) is 5.41 Å². The van der Waals surface area contributed by atoms with Crippen molar-refractivity contribution in [1.29, 1.82) is 0 Å². The first kappa shape index (κ1) is 11.7. The van der Waals surface area contributed by atoms with Crippen molar-refractivity contribution >= 4 is 0 Å². The molecule has 0 bridgehead atoms. The van der Waals surface area contributed by atoms with Crippen molar-refractivity contribution in [3.63, 3.8) is 0 Å². The van der Waals surface area contributed by atoms with Crippen LogP contribution in [-0.2, 0) is 6.42 Å². The highest BCUT2D eigenvalue weighted by Crippen LogP contribution is 2.48. The lowest BCUT2D eigenvalue weighted by molar-refractivity contribution is -0.0490. The Morgan fingerprint density at radius 1 is 1.12 bits per heavy atom. The minimum atomic E-state index is -0.456. The fourth-order valence-electron chi connectivity index (χ4n) is 2.85. The van der Waals surface area contributed by atoms with Crippen molar-refractivity contribution in [2.45, 2.75) is 51.6 Å². The van der Waals surface area contributed by atoms with Gasteiger partial charge in [0.2, 0.25) is 0 Å². The lowest BCUT2D eigenvalue weighted by atomic mass is 9.75. The van der Waals surface area contributed by atoms with Crippen LogP contribution in [0.25, 0.3) is 0 Å². The average Bonchev–Trinajstić information content (AvgIpc) is 2.53. The van der Waals surface area contributed by atoms with Crippen LogP contribution in [0.3, 0.4) is 0 Å². The molecule has 1 nitrogen and oxygen atoms in total. The predicted molar refractivity (Wildman–Crippen MR) is 67.3 cm³/mol. The van der Waals surface area contributed by atoms with E-state index in [1.165, 1.54) is 5.56 Å². The van der Waals surface area contributed by atoms with Crippen molar-refractivity contribution in [3.8, 4) is 0 Å². The second-order valence-electron chi connectivity index (χ2n) is 5.75. The molecule has 88 valence electrons. The maximum absolute atomic E-state index is 10.7. The number of hydrogen-bond donors (Lipinski definition) is 1. The molecule has 1 aromatic rings. The van der Waals surface area contributed by atoms with E-state index in [1.54, 1.807) is 0 Å². The fraction of sp³-hybridized carbons (Fsp3) is 0.600. The van der Waals surface area contributed by atoms with Crippen LogP contribution in [-0.4, -0.2) is 10.7 Å². The molecule has 1 saturated carbocycles. The highest BCUT2D eigenvalue weighted by atomic mass is 16.3. The molecule has 1 aromatic carbocycles. The van der Waals surface area contributed by atoms with Gasteiger partial charge in [0.25, 0.3) is 0 Å². The quantitative estimate of drug-likeness (QED) is 0.822. The van der Waals surface area contributed by atoms with Gasteiger partial charge in [0.15, 0.2) is 0 Å². The molecular formula is C15H22O. The highest BCUT2D eigenvalue weighted by molar-refractivity contribution is 5.15. The van der Waals surface area contributed by atoms with Gasteiger partial charge in [0.05, 0.1) is 5.60 Å². The van der Waals surface area contributed by atoms with E-state index >= 15 is 0 Å². The largest absolute Gasteiger partial charge is 0.389 e. The summed E-state index contributed by atoms with van der Waals surface area (Å²) in [5.41, 5.74) is 0.962. The molecule has 0 aromatic heterocycles. The number of rotatable bonds is 3. The van der Waals surface area contributed by atoms with Crippen LogP contribution < -0.4 is 0 Å². The van der Waals surface area contributed by atoms with Crippen molar-refractivity contribution in [2.75, 3.05) is 0 Å². The third-order valence-corrected chi connectivity index (χ3v) is 4.32. The Morgan fingerprint density at radius 3 is 2.38 bits per heavy atom. The SMILES string of the molecule is CC1(C)CCCC1(O)CCc1ccccc1. The topological polar surface area (TPSA) is 20.2 Å². The number of hydrogen-bond acceptors (Lipinski definition) is 1. The molecule has 1 heteroatoms. The Balaban J connectivity index is 2.00. The second-order valence-corrected chi connectivity index (χ2v) is 5.75. The lowest BCUT2D eigenvalue weighted by Gasteiger charge is -2.37. The molecule has 1 N–H and O–H groups in total. The first-order chi connectivity index (χ1) is 7.54. The summed E-state index contributed by atoms with van der Waals surface area (Å²) < 4.78 is 0. The van der Waals surface area contributed by atoms with Crippen LogP contribution in [0.4, 0.5) is 0 Å². The monoisotopic (exact) mass is 218 g/mol. The van der Waals surface area contributed by atoms with Crippen molar-refractivity contribution in [3.05, 3.63) is 35.9 Å². The summed E-state index contributed by atoms with van der Waals surface area (Å²) in [6.07, 6.45) is 5.16. The third kappa shape index (κ3) is 2.15. The predicted octanol–water partition coefficient (Wildman–Crippen LogP) is 3.56. The van der Waals surface area contributed by atoms with Crippen LogP contribution >= 0.6 is 0 Å². The molecule has 0 spiro atoms. The number of benzene rings is 1. The number of aliphatic hydroxyl groups is 1. The van der Waals surface area contributed by atoms with Gasteiger partial charge in [-0.05, 0) is 43.1 Å². The molecule has 1 atom stereocenters. The molecule has 0 saturated heterocycles. The molecule has 1 fully saturated rings. The molecule has 2 rings (SSSR count). The van der Waals surface area contributed by atoms with Crippen molar-refractivity contribution in [2.24, 2.45) is 5.41 Å². The zero-order chi connectivity index (χ0) is 11.6. The molecule has 1 aliphatic rings.